The Kier molecular flexibility index (Phi) is 4.61. The van der Waals surface area contributed by atoms with Gasteiger partial charge in [0.05, 0.1) is 11.8 Å². The lowest BCUT2D eigenvalue weighted by Gasteiger charge is -2.21. The van der Waals surface area contributed by atoms with E-state index in [2.05, 4.69) is 39.2 Å². The van der Waals surface area contributed by atoms with E-state index in [1.54, 1.807) is 0 Å². The van der Waals surface area contributed by atoms with Gasteiger partial charge in [0.2, 0.25) is 0 Å². The van der Waals surface area contributed by atoms with Gasteiger partial charge in [-0.1, -0.05) is 13.8 Å². The highest BCUT2D eigenvalue weighted by atomic mass is 32.2. The third-order valence-corrected chi connectivity index (χ3v) is 5.68. The Morgan fingerprint density at radius 1 is 1.24 bits per heavy atom. The number of hydrogen-bond acceptors (Lipinski definition) is 5. The van der Waals surface area contributed by atoms with Crippen molar-refractivity contribution in [2.75, 3.05) is 6.54 Å². The fourth-order valence-corrected chi connectivity index (χ4v) is 3.97. The first kappa shape index (κ1) is 18.2. The summed E-state index contributed by atoms with van der Waals surface area (Å²) in [6.07, 6.45) is -0.465. The Bertz CT molecular complexity index is 908. The summed E-state index contributed by atoms with van der Waals surface area (Å²) in [5, 5.41) is 6.05. The van der Waals surface area contributed by atoms with Crippen LogP contribution >= 0.6 is 0 Å². The maximum absolute atomic E-state index is 11.2. The predicted octanol–water partition coefficient (Wildman–Crippen LogP) is 1.32. The molecule has 1 aliphatic rings. The summed E-state index contributed by atoms with van der Waals surface area (Å²) in [6, 6.07) is 2.07. The molecule has 0 aromatic carbocycles. The zero-order chi connectivity index (χ0) is 18.5. The van der Waals surface area contributed by atoms with E-state index >= 15 is 0 Å². The minimum absolute atomic E-state index is 0.159. The molecule has 0 spiro atoms. The van der Waals surface area contributed by atoms with Gasteiger partial charge in [0, 0.05) is 23.5 Å². The molecule has 9 heteroatoms. The molecule has 1 fully saturated rings. The molecule has 138 valence electrons. The Hall–Kier alpha value is -1.55. The van der Waals surface area contributed by atoms with Gasteiger partial charge < -0.3 is 9.30 Å². The molecule has 4 atom stereocenters. The lowest BCUT2D eigenvalue weighted by molar-refractivity contribution is -0.00862. The summed E-state index contributed by atoms with van der Waals surface area (Å²) in [5.41, 5.74) is 2.84. The number of nitrogens with one attached hydrogen (secondary N) is 1. The van der Waals surface area contributed by atoms with Crippen LogP contribution in [0.3, 0.4) is 0 Å². The summed E-state index contributed by atoms with van der Waals surface area (Å²) in [7, 11) is -3.74. The van der Waals surface area contributed by atoms with Crippen molar-refractivity contribution in [3.05, 3.63) is 23.3 Å². The van der Waals surface area contributed by atoms with Crippen LogP contribution in [0.25, 0.3) is 11.0 Å². The van der Waals surface area contributed by atoms with Gasteiger partial charge in [-0.2, -0.15) is 13.1 Å². The number of aromatic nitrogens is 3. The van der Waals surface area contributed by atoms with E-state index < -0.39 is 10.2 Å². The smallest absolute Gasteiger partial charge is 0.274 e. The molecule has 3 rings (SSSR count). The van der Waals surface area contributed by atoms with Gasteiger partial charge in [0.1, 0.15) is 17.7 Å². The van der Waals surface area contributed by atoms with Crippen molar-refractivity contribution in [3.63, 3.8) is 0 Å². The van der Waals surface area contributed by atoms with Crippen LogP contribution < -0.4 is 9.86 Å². The number of rotatable bonds is 4. The fourth-order valence-electron chi connectivity index (χ4n) is 3.58. The molecule has 0 saturated carbocycles. The molecule has 1 saturated heterocycles. The largest absolute Gasteiger partial charge is 0.353 e. The quantitative estimate of drug-likeness (QED) is 0.846. The molecule has 3 unspecified atom stereocenters. The van der Waals surface area contributed by atoms with Crippen LogP contribution in [0.2, 0.25) is 0 Å². The zero-order valence-electron chi connectivity index (χ0n) is 15.1. The van der Waals surface area contributed by atoms with Gasteiger partial charge in [-0.3, -0.25) is 0 Å². The number of hydrogen-bond donors (Lipinski definition) is 2. The Morgan fingerprint density at radius 2 is 1.92 bits per heavy atom. The van der Waals surface area contributed by atoms with E-state index in [0.717, 1.165) is 28.2 Å². The summed E-state index contributed by atoms with van der Waals surface area (Å²) in [5.74, 6) is 1.08. The van der Waals surface area contributed by atoms with E-state index in [1.165, 1.54) is 0 Å². The average Bonchev–Trinajstić information content (AvgIpc) is 2.95. The van der Waals surface area contributed by atoms with Gasteiger partial charge in [0.15, 0.2) is 0 Å². The number of nitrogens with two attached hydrogens (primary N) is 1. The Labute approximate surface area is 148 Å². The first-order valence-electron chi connectivity index (χ1n) is 8.34. The second kappa shape index (κ2) is 6.31. The summed E-state index contributed by atoms with van der Waals surface area (Å²) in [4.78, 5) is 9.04. The molecule has 1 aliphatic heterocycles. The SMILES string of the molecule is Cc1nc(C)c2cc(C)n([C@@H]3OC(CNS(N)(=O)=O)C(C)C3C)c2n1. The normalized spacial score (nSPS) is 27.3. The van der Waals surface area contributed by atoms with Gasteiger partial charge in [-0.05, 0) is 32.8 Å². The second-order valence-corrected chi connectivity index (χ2v) is 8.30. The van der Waals surface area contributed by atoms with E-state index in [1.807, 2.05) is 20.8 Å². The third kappa shape index (κ3) is 3.41. The van der Waals surface area contributed by atoms with Crippen molar-refractivity contribution in [1.82, 2.24) is 19.3 Å². The van der Waals surface area contributed by atoms with Crippen LogP contribution in [-0.2, 0) is 14.9 Å². The van der Waals surface area contributed by atoms with Crippen molar-refractivity contribution in [1.29, 1.82) is 0 Å². The highest BCUT2D eigenvalue weighted by molar-refractivity contribution is 7.87. The minimum atomic E-state index is -3.74. The van der Waals surface area contributed by atoms with E-state index in [9.17, 15) is 8.42 Å². The van der Waals surface area contributed by atoms with Crippen LogP contribution in [0.15, 0.2) is 6.07 Å². The molecule has 8 nitrogen and oxygen atoms in total. The van der Waals surface area contributed by atoms with E-state index in [-0.39, 0.29) is 30.7 Å². The minimum Gasteiger partial charge on any atom is -0.353 e. The van der Waals surface area contributed by atoms with Gasteiger partial charge >= 0.3 is 0 Å². The van der Waals surface area contributed by atoms with E-state index in [0.29, 0.717) is 0 Å². The lowest BCUT2D eigenvalue weighted by Crippen LogP contribution is -2.38. The van der Waals surface area contributed by atoms with Gasteiger partial charge in [-0.25, -0.2) is 15.1 Å². The van der Waals surface area contributed by atoms with Crippen LogP contribution in [0.4, 0.5) is 0 Å². The number of aryl methyl sites for hydroxylation is 3. The first-order valence-corrected chi connectivity index (χ1v) is 9.88. The van der Waals surface area contributed by atoms with Crippen molar-refractivity contribution >= 4 is 21.2 Å². The number of ether oxygens (including phenoxy) is 1. The lowest BCUT2D eigenvalue weighted by atomic mass is 9.92. The molecule has 25 heavy (non-hydrogen) atoms. The van der Waals surface area contributed by atoms with Gasteiger partial charge in [0.25, 0.3) is 10.2 Å². The van der Waals surface area contributed by atoms with Crippen molar-refractivity contribution in [3.8, 4) is 0 Å². The Morgan fingerprint density at radius 3 is 2.56 bits per heavy atom. The van der Waals surface area contributed by atoms with Crippen molar-refractivity contribution < 1.29 is 13.2 Å². The first-order chi connectivity index (χ1) is 11.6. The summed E-state index contributed by atoms with van der Waals surface area (Å²) < 4.78 is 33.0. The monoisotopic (exact) mass is 367 g/mol. The molecule has 0 bridgehead atoms. The summed E-state index contributed by atoms with van der Waals surface area (Å²) >= 11 is 0. The molecule has 0 aliphatic carbocycles. The zero-order valence-corrected chi connectivity index (χ0v) is 16.0. The maximum Gasteiger partial charge on any atom is 0.274 e. The Balaban J connectivity index is 1.97. The molecular weight excluding hydrogens is 342 g/mol. The van der Waals surface area contributed by atoms with Crippen LogP contribution in [0.5, 0.6) is 0 Å². The molecule has 0 amide bonds. The van der Waals surface area contributed by atoms with Crippen molar-refractivity contribution in [2.45, 2.75) is 47.0 Å². The second-order valence-electron chi connectivity index (χ2n) is 6.93. The number of fused-ring (bicyclic) bond motifs is 1. The molecule has 3 heterocycles. The van der Waals surface area contributed by atoms with Crippen LogP contribution in [-0.4, -0.2) is 35.6 Å². The predicted molar refractivity (Wildman–Crippen MR) is 95.1 cm³/mol. The molecule has 0 radical (unpaired) electrons. The molecule has 3 N–H and O–H groups in total. The topological polar surface area (TPSA) is 112 Å². The van der Waals surface area contributed by atoms with Crippen LogP contribution in [0, 0.1) is 32.6 Å². The standard InChI is InChI=1S/C16H25N5O3S/c1-8-6-13-11(4)19-12(5)20-15(13)21(8)16-10(3)9(2)14(24-16)7-18-25(17,22)23/h6,9-10,14,16,18H,7H2,1-5H3,(H2,17,22,23)/t9?,10?,14?,16-/m1/s1. The van der Waals surface area contributed by atoms with Crippen LogP contribution in [0.1, 0.15) is 37.3 Å². The highest BCUT2D eigenvalue weighted by Gasteiger charge is 2.41. The highest BCUT2D eigenvalue weighted by Crippen LogP contribution is 2.41. The maximum atomic E-state index is 11.2. The summed E-state index contributed by atoms with van der Waals surface area (Å²) in [6.45, 7) is 10.2. The van der Waals surface area contributed by atoms with Crippen molar-refractivity contribution in [2.24, 2.45) is 17.0 Å². The third-order valence-electron chi connectivity index (χ3n) is 5.11. The molecular formula is C16H25N5O3S. The average molecular weight is 367 g/mol. The molecule has 2 aromatic rings. The van der Waals surface area contributed by atoms with E-state index in [4.69, 9.17) is 9.88 Å². The molecule has 2 aromatic heterocycles. The fraction of sp³-hybridized carbons (Fsp3) is 0.625. The van der Waals surface area contributed by atoms with Gasteiger partial charge in [-0.15, -0.1) is 0 Å². The number of nitrogens with zero attached hydrogens (tertiary/aromatic N) is 3.